The van der Waals surface area contributed by atoms with Gasteiger partial charge in [0.25, 0.3) is 0 Å². The lowest BCUT2D eigenvalue weighted by Crippen LogP contribution is -2.44. The maximum absolute atomic E-state index is 13.0. The monoisotopic (exact) mass is 531 g/mol. The molecule has 0 aliphatic rings. The summed E-state index contributed by atoms with van der Waals surface area (Å²) in [7, 11) is 1.48. The van der Waals surface area contributed by atoms with Crippen LogP contribution in [0.2, 0.25) is 0 Å². The predicted molar refractivity (Wildman–Crippen MR) is 143 cm³/mol. The van der Waals surface area contributed by atoms with Crippen LogP contribution in [-0.4, -0.2) is 42.6 Å². The number of likely N-dealkylation sites (N-methyl/N-ethyl adjacent to an activating group) is 1. The largest absolute Gasteiger partial charge is 0.463 e. The van der Waals surface area contributed by atoms with E-state index in [9.17, 15) is 18.8 Å². The van der Waals surface area contributed by atoms with Gasteiger partial charge >= 0.3 is 12.1 Å². The number of ether oxygens (including phenoxy) is 2. The molecule has 1 atom stereocenters. The van der Waals surface area contributed by atoms with E-state index in [4.69, 9.17) is 14.7 Å². The summed E-state index contributed by atoms with van der Waals surface area (Å²) in [6.07, 6.45) is 0.352. The van der Waals surface area contributed by atoms with E-state index in [1.54, 1.807) is 36.4 Å². The molecular formula is C30H30FN3O5. The molecule has 0 bridgehead atoms. The number of esters is 1. The van der Waals surface area contributed by atoms with Crippen molar-refractivity contribution < 1.29 is 28.2 Å². The maximum Gasteiger partial charge on any atom is 0.410 e. The zero-order valence-corrected chi connectivity index (χ0v) is 21.6. The molecular weight excluding hydrogens is 501 g/mol. The van der Waals surface area contributed by atoms with Crippen molar-refractivity contribution in [3.05, 3.63) is 101 Å². The highest BCUT2D eigenvalue weighted by Crippen LogP contribution is 2.15. The summed E-state index contributed by atoms with van der Waals surface area (Å²) < 4.78 is 23.6. The van der Waals surface area contributed by atoms with Crippen LogP contribution < -0.4 is 5.32 Å². The first-order valence-corrected chi connectivity index (χ1v) is 12.5. The molecule has 0 aliphatic heterocycles. The molecule has 0 aromatic heterocycles. The standard InChI is InChI=1S/C30H30FN3O5/c1-34(27(29(36)38-19-5-18-32)17-12-22-6-3-2-4-7-22)30(37)39-21-24-10-15-26(16-11-24)33-28(35)20-23-8-13-25(31)14-9-23/h2-4,6-11,13-16,27H,5,12,17,19-21H2,1H3,(H,33,35). The van der Waals surface area contributed by atoms with Crippen molar-refractivity contribution in [2.45, 2.75) is 38.3 Å². The molecule has 3 aromatic rings. The molecule has 0 fully saturated rings. The molecule has 202 valence electrons. The molecule has 1 unspecified atom stereocenters. The van der Waals surface area contributed by atoms with Crippen LogP contribution in [0.3, 0.4) is 0 Å². The molecule has 3 aromatic carbocycles. The first-order chi connectivity index (χ1) is 18.9. The minimum absolute atomic E-state index is 0.0398. The summed E-state index contributed by atoms with van der Waals surface area (Å²) in [6, 6.07) is 23.1. The summed E-state index contributed by atoms with van der Waals surface area (Å²) in [5, 5.41) is 11.5. The van der Waals surface area contributed by atoms with Gasteiger partial charge in [-0.15, -0.1) is 0 Å². The molecule has 1 N–H and O–H groups in total. The van der Waals surface area contributed by atoms with E-state index in [1.807, 2.05) is 36.4 Å². The van der Waals surface area contributed by atoms with Crippen molar-refractivity contribution >= 4 is 23.7 Å². The fourth-order valence-corrected chi connectivity index (χ4v) is 3.76. The van der Waals surface area contributed by atoms with E-state index in [0.717, 1.165) is 5.56 Å². The van der Waals surface area contributed by atoms with Gasteiger partial charge in [0, 0.05) is 12.7 Å². The Balaban J connectivity index is 1.53. The quantitative estimate of drug-likeness (QED) is 0.259. The van der Waals surface area contributed by atoms with Gasteiger partial charge in [0.05, 0.1) is 18.9 Å². The van der Waals surface area contributed by atoms with Crippen molar-refractivity contribution in [3.8, 4) is 6.07 Å². The molecule has 0 spiro atoms. The zero-order chi connectivity index (χ0) is 28.0. The molecule has 0 saturated carbocycles. The van der Waals surface area contributed by atoms with Gasteiger partial charge in [-0.2, -0.15) is 5.26 Å². The molecule has 39 heavy (non-hydrogen) atoms. The minimum Gasteiger partial charge on any atom is -0.463 e. The maximum atomic E-state index is 13.0. The summed E-state index contributed by atoms with van der Waals surface area (Å²) in [5.41, 5.74) is 2.96. The van der Waals surface area contributed by atoms with Crippen LogP contribution in [0, 0.1) is 17.1 Å². The van der Waals surface area contributed by atoms with Gasteiger partial charge in [0.15, 0.2) is 0 Å². The first-order valence-electron chi connectivity index (χ1n) is 12.5. The topological polar surface area (TPSA) is 109 Å². The van der Waals surface area contributed by atoms with Crippen LogP contribution in [0.25, 0.3) is 0 Å². The first kappa shape index (κ1) is 28.9. The number of benzene rings is 3. The van der Waals surface area contributed by atoms with Crippen LogP contribution in [-0.2, 0) is 38.5 Å². The molecule has 0 heterocycles. The smallest absolute Gasteiger partial charge is 0.410 e. The Labute approximate surface area is 227 Å². The van der Waals surface area contributed by atoms with E-state index in [1.165, 1.54) is 24.1 Å². The Morgan fingerprint density at radius 3 is 2.26 bits per heavy atom. The lowest BCUT2D eigenvalue weighted by atomic mass is 10.0. The number of carbonyl (C=O) groups excluding carboxylic acids is 3. The van der Waals surface area contributed by atoms with Gasteiger partial charge in [-0.1, -0.05) is 54.6 Å². The fourth-order valence-electron chi connectivity index (χ4n) is 3.76. The number of nitrogens with one attached hydrogen (secondary N) is 1. The molecule has 9 heteroatoms. The second-order valence-corrected chi connectivity index (χ2v) is 8.83. The lowest BCUT2D eigenvalue weighted by molar-refractivity contribution is -0.149. The second kappa shape index (κ2) is 14.9. The van der Waals surface area contributed by atoms with Gasteiger partial charge in [-0.05, 0) is 53.8 Å². The van der Waals surface area contributed by atoms with Crippen LogP contribution in [0.4, 0.5) is 14.9 Å². The summed E-state index contributed by atoms with van der Waals surface area (Å²) in [4.78, 5) is 38.9. The normalized spacial score (nSPS) is 11.1. The third-order valence-corrected chi connectivity index (χ3v) is 5.91. The second-order valence-electron chi connectivity index (χ2n) is 8.83. The van der Waals surface area contributed by atoms with Gasteiger partial charge in [-0.25, -0.2) is 14.0 Å². The average Bonchev–Trinajstić information content (AvgIpc) is 2.94. The number of amides is 2. The minimum atomic E-state index is -0.880. The van der Waals surface area contributed by atoms with Gasteiger partial charge in [0.1, 0.15) is 25.1 Å². The average molecular weight is 532 g/mol. The highest BCUT2D eigenvalue weighted by molar-refractivity contribution is 5.92. The predicted octanol–water partition coefficient (Wildman–Crippen LogP) is 5.03. The number of carbonyl (C=O) groups is 3. The molecule has 0 saturated heterocycles. The van der Waals surface area contributed by atoms with Gasteiger partial charge in [-0.3, -0.25) is 9.69 Å². The molecule has 8 nitrogen and oxygen atoms in total. The van der Waals surface area contributed by atoms with Crippen molar-refractivity contribution in [2.75, 3.05) is 19.0 Å². The number of anilines is 1. The zero-order valence-electron chi connectivity index (χ0n) is 21.6. The highest BCUT2D eigenvalue weighted by Gasteiger charge is 2.29. The van der Waals surface area contributed by atoms with Crippen LogP contribution in [0.15, 0.2) is 78.9 Å². The molecule has 2 amide bonds. The molecule has 3 rings (SSSR count). The van der Waals surface area contributed by atoms with E-state index in [0.29, 0.717) is 29.7 Å². The van der Waals surface area contributed by atoms with E-state index < -0.39 is 18.1 Å². The van der Waals surface area contributed by atoms with Crippen molar-refractivity contribution in [1.29, 1.82) is 5.26 Å². The molecule has 0 aliphatic carbocycles. The number of nitriles is 1. The van der Waals surface area contributed by atoms with Crippen molar-refractivity contribution in [1.82, 2.24) is 4.90 Å². The molecule has 0 radical (unpaired) electrons. The van der Waals surface area contributed by atoms with E-state index >= 15 is 0 Å². The van der Waals surface area contributed by atoms with Gasteiger partial charge in [0.2, 0.25) is 5.91 Å². The highest BCUT2D eigenvalue weighted by atomic mass is 19.1. The van der Waals surface area contributed by atoms with E-state index in [-0.39, 0.29) is 37.8 Å². The number of aryl methyl sites for hydroxylation is 1. The Bertz CT molecular complexity index is 1270. The lowest BCUT2D eigenvalue weighted by Gasteiger charge is -2.26. The van der Waals surface area contributed by atoms with E-state index in [2.05, 4.69) is 5.32 Å². The Hall–Kier alpha value is -4.71. The number of nitrogens with zero attached hydrogens (tertiary/aromatic N) is 2. The summed E-state index contributed by atoms with van der Waals surface area (Å²) >= 11 is 0. The SMILES string of the molecule is CN(C(=O)OCc1ccc(NC(=O)Cc2ccc(F)cc2)cc1)C(CCc1ccccc1)C(=O)OCCC#N. The van der Waals surface area contributed by atoms with Crippen LogP contribution >= 0.6 is 0 Å². The number of hydrogen-bond donors (Lipinski definition) is 1. The number of rotatable bonds is 12. The Morgan fingerprint density at radius 1 is 0.923 bits per heavy atom. The number of halogens is 1. The number of hydrogen-bond acceptors (Lipinski definition) is 6. The summed E-state index contributed by atoms with van der Waals surface area (Å²) in [6.45, 7) is -0.0886. The fraction of sp³-hybridized carbons (Fsp3) is 0.267. The van der Waals surface area contributed by atoms with Crippen LogP contribution in [0.1, 0.15) is 29.5 Å². The van der Waals surface area contributed by atoms with Crippen molar-refractivity contribution in [3.63, 3.8) is 0 Å². The van der Waals surface area contributed by atoms with Crippen LogP contribution in [0.5, 0.6) is 0 Å². The van der Waals surface area contributed by atoms with Gasteiger partial charge < -0.3 is 14.8 Å². The Morgan fingerprint density at radius 2 is 1.59 bits per heavy atom. The third-order valence-electron chi connectivity index (χ3n) is 5.91. The Kier molecular flexibility index (Phi) is 11.0. The van der Waals surface area contributed by atoms with Crippen molar-refractivity contribution in [2.24, 2.45) is 0 Å². The third kappa shape index (κ3) is 9.59. The summed E-state index contributed by atoms with van der Waals surface area (Å²) in [5.74, 6) is -1.20.